The van der Waals surface area contributed by atoms with Crippen molar-refractivity contribution in [3.05, 3.63) is 54.1 Å². The summed E-state index contributed by atoms with van der Waals surface area (Å²) in [4.78, 5) is 32.0. The summed E-state index contributed by atoms with van der Waals surface area (Å²) in [5.41, 5.74) is 3.03. The third kappa shape index (κ3) is 4.65. The molecule has 5 rings (SSSR count). The molecule has 6 nitrogen and oxygen atoms in total. The molecule has 172 valence electrons. The summed E-state index contributed by atoms with van der Waals surface area (Å²) in [6.45, 7) is 0.807. The molecule has 33 heavy (non-hydrogen) atoms. The van der Waals surface area contributed by atoms with E-state index in [2.05, 4.69) is 10.3 Å². The minimum absolute atomic E-state index is 0.00758. The van der Waals surface area contributed by atoms with Gasteiger partial charge in [-0.25, -0.2) is 4.98 Å². The molecule has 0 bridgehead atoms. The van der Waals surface area contributed by atoms with E-state index in [0.29, 0.717) is 17.4 Å². The summed E-state index contributed by atoms with van der Waals surface area (Å²) in [6, 6.07) is 15.1. The zero-order valence-corrected chi connectivity index (χ0v) is 19.1. The molecule has 2 amide bonds. The predicted molar refractivity (Wildman–Crippen MR) is 128 cm³/mol. The Morgan fingerprint density at radius 2 is 1.79 bits per heavy atom. The molecule has 1 heterocycles. The monoisotopic (exact) mass is 445 g/mol. The van der Waals surface area contributed by atoms with Gasteiger partial charge in [0.05, 0.1) is 0 Å². The molecule has 0 spiro atoms. The van der Waals surface area contributed by atoms with Crippen LogP contribution in [-0.4, -0.2) is 41.3 Å². The van der Waals surface area contributed by atoms with Crippen molar-refractivity contribution in [2.24, 2.45) is 11.8 Å². The van der Waals surface area contributed by atoms with E-state index in [9.17, 15) is 9.59 Å². The summed E-state index contributed by atoms with van der Waals surface area (Å²) in [6.07, 6.45) is 7.48. The number of para-hydroxylation sites is 2. The highest BCUT2D eigenvalue weighted by Gasteiger charge is 2.34. The Balaban J connectivity index is 1.18. The van der Waals surface area contributed by atoms with E-state index in [-0.39, 0.29) is 23.8 Å². The first kappa shape index (κ1) is 21.7. The first-order valence-corrected chi connectivity index (χ1v) is 12.1. The van der Waals surface area contributed by atoms with Crippen LogP contribution in [0.5, 0.6) is 0 Å². The highest BCUT2D eigenvalue weighted by molar-refractivity contribution is 5.95. The Morgan fingerprint density at radius 3 is 2.55 bits per heavy atom. The Bertz CT molecular complexity index is 1100. The highest BCUT2D eigenvalue weighted by atomic mass is 16.3. The number of nitrogens with zero attached hydrogens (tertiary/aromatic N) is 2. The topological polar surface area (TPSA) is 75.4 Å². The number of carbonyl (C=O) groups is 2. The van der Waals surface area contributed by atoms with Gasteiger partial charge in [0.15, 0.2) is 5.58 Å². The normalized spacial score (nSPS) is 20.9. The van der Waals surface area contributed by atoms with Gasteiger partial charge < -0.3 is 14.6 Å². The second-order valence-corrected chi connectivity index (χ2v) is 9.54. The van der Waals surface area contributed by atoms with Crippen LogP contribution in [0.25, 0.3) is 22.6 Å². The van der Waals surface area contributed by atoms with Crippen molar-refractivity contribution >= 4 is 22.9 Å². The van der Waals surface area contributed by atoms with Gasteiger partial charge in [0, 0.05) is 36.7 Å². The average Bonchev–Trinajstić information content (AvgIpc) is 3.62. The van der Waals surface area contributed by atoms with Crippen molar-refractivity contribution in [1.29, 1.82) is 0 Å². The molecule has 1 N–H and O–H groups in total. The first-order chi connectivity index (χ1) is 16.1. The molecule has 0 aliphatic heterocycles. The zero-order chi connectivity index (χ0) is 22.8. The molecule has 0 radical (unpaired) electrons. The Kier molecular flexibility index (Phi) is 6.16. The molecule has 2 aliphatic carbocycles. The van der Waals surface area contributed by atoms with Crippen LogP contribution >= 0.6 is 0 Å². The van der Waals surface area contributed by atoms with E-state index in [0.717, 1.165) is 42.5 Å². The molecule has 0 unspecified atom stereocenters. The van der Waals surface area contributed by atoms with Crippen LogP contribution in [0.4, 0.5) is 0 Å². The van der Waals surface area contributed by atoms with Crippen molar-refractivity contribution in [3.63, 3.8) is 0 Å². The fraction of sp³-hybridized carbons (Fsp3) is 0.444. The Hall–Kier alpha value is -3.15. The van der Waals surface area contributed by atoms with Gasteiger partial charge in [0.2, 0.25) is 11.8 Å². The van der Waals surface area contributed by atoms with Crippen LogP contribution in [0.2, 0.25) is 0 Å². The maximum Gasteiger partial charge on any atom is 0.253 e. The number of fused-ring (bicyclic) bond motifs is 1. The van der Waals surface area contributed by atoms with Crippen LogP contribution in [0.15, 0.2) is 52.9 Å². The lowest BCUT2D eigenvalue weighted by Crippen LogP contribution is -2.37. The second kappa shape index (κ2) is 9.38. The zero-order valence-electron chi connectivity index (χ0n) is 19.1. The number of hydrogen-bond acceptors (Lipinski definition) is 4. The minimum atomic E-state index is -0.0175. The van der Waals surface area contributed by atoms with E-state index in [4.69, 9.17) is 4.42 Å². The van der Waals surface area contributed by atoms with Crippen LogP contribution in [0.3, 0.4) is 0 Å². The quantitative estimate of drug-likeness (QED) is 0.577. The van der Waals surface area contributed by atoms with E-state index >= 15 is 0 Å². The first-order valence-electron chi connectivity index (χ1n) is 12.1. The van der Waals surface area contributed by atoms with Crippen LogP contribution < -0.4 is 5.32 Å². The number of amides is 2. The number of benzene rings is 2. The summed E-state index contributed by atoms with van der Waals surface area (Å²) < 4.78 is 5.83. The molecule has 2 aliphatic rings. The minimum Gasteiger partial charge on any atom is -0.436 e. The van der Waals surface area contributed by atoms with Crippen molar-refractivity contribution in [2.75, 3.05) is 13.6 Å². The molecular formula is C27H31N3O3. The largest absolute Gasteiger partial charge is 0.436 e. The summed E-state index contributed by atoms with van der Waals surface area (Å²) in [7, 11) is 1.85. The van der Waals surface area contributed by atoms with Gasteiger partial charge in [-0.15, -0.1) is 0 Å². The number of nitrogens with one attached hydrogen (secondary N) is 1. The van der Waals surface area contributed by atoms with Crippen molar-refractivity contribution in [2.45, 2.75) is 51.0 Å². The molecule has 3 aromatic rings. The molecular weight excluding hydrogens is 414 g/mol. The molecule has 1 aromatic heterocycles. The highest BCUT2D eigenvalue weighted by Crippen LogP contribution is 2.31. The van der Waals surface area contributed by atoms with Gasteiger partial charge in [-0.1, -0.05) is 25.0 Å². The summed E-state index contributed by atoms with van der Waals surface area (Å²) >= 11 is 0. The lowest BCUT2D eigenvalue weighted by Gasteiger charge is -2.25. The van der Waals surface area contributed by atoms with Gasteiger partial charge in [0.1, 0.15) is 5.52 Å². The molecule has 2 aromatic carbocycles. The van der Waals surface area contributed by atoms with E-state index < -0.39 is 0 Å². The van der Waals surface area contributed by atoms with E-state index in [1.165, 1.54) is 25.7 Å². The lowest BCUT2D eigenvalue weighted by molar-refractivity contribution is -0.125. The average molecular weight is 446 g/mol. The third-order valence-electron chi connectivity index (χ3n) is 7.36. The predicted octanol–water partition coefficient (Wildman–Crippen LogP) is 5.04. The maximum absolute atomic E-state index is 13.1. The number of aromatic nitrogens is 1. The van der Waals surface area contributed by atoms with E-state index in [1.807, 2.05) is 55.6 Å². The van der Waals surface area contributed by atoms with Crippen molar-refractivity contribution in [1.82, 2.24) is 15.2 Å². The van der Waals surface area contributed by atoms with Crippen LogP contribution in [0.1, 0.15) is 55.3 Å². The summed E-state index contributed by atoms with van der Waals surface area (Å²) in [5.74, 6) is 1.34. The fourth-order valence-electron chi connectivity index (χ4n) is 5.27. The van der Waals surface area contributed by atoms with Crippen molar-refractivity contribution < 1.29 is 14.0 Å². The van der Waals surface area contributed by atoms with E-state index in [1.54, 1.807) is 4.90 Å². The Morgan fingerprint density at radius 1 is 1.03 bits per heavy atom. The van der Waals surface area contributed by atoms with Crippen molar-refractivity contribution in [3.8, 4) is 11.5 Å². The van der Waals surface area contributed by atoms with Gasteiger partial charge in [-0.3, -0.25) is 9.59 Å². The molecule has 2 fully saturated rings. The maximum atomic E-state index is 13.1. The number of hydrogen-bond donors (Lipinski definition) is 1. The number of oxazole rings is 1. The smallest absolute Gasteiger partial charge is 0.253 e. The number of rotatable bonds is 6. The number of carbonyl (C=O) groups excluding carboxylic acids is 2. The second-order valence-electron chi connectivity index (χ2n) is 9.54. The standard InChI is InChI=1S/C27H31N3O3/c1-30(22-15-14-21(16-22)25(31)28-17-18-6-2-3-7-18)27(32)20-12-10-19(11-13-20)26-29-23-8-4-5-9-24(23)33-26/h4-5,8-13,18,21-22H,2-3,6-7,14-17H2,1H3,(H,28,31)/t21-,22+/m0/s1. The Labute approximate surface area is 194 Å². The van der Waals surface area contributed by atoms with Gasteiger partial charge in [-0.2, -0.15) is 0 Å². The van der Waals surface area contributed by atoms with Crippen LogP contribution in [-0.2, 0) is 4.79 Å². The SMILES string of the molecule is CN(C(=O)c1ccc(-c2nc3ccccc3o2)cc1)[C@@H]1CC[C@H](C(=O)NCC2CCCC2)C1. The molecule has 6 heteroatoms. The molecule has 2 saturated carbocycles. The third-order valence-corrected chi connectivity index (χ3v) is 7.36. The van der Waals surface area contributed by atoms with Crippen LogP contribution in [0, 0.1) is 11.8 Å². The lowest BCUT2D eigenvalue weighted by atomic mass is 10.0. The van der Waals surface area contributed by atoms with Gasteiger partial charge in [0.25, 0.3) is 5.91 Å². The fourth-order valence-corrected chi connectivity index (χ4v) is 5.27. The summed E-state index contributed by atoms with van der Waals surface area (Å²) in [5, 5.41) is 3.16. The van der Waals surface area contributed by atoms with Gasteiger partial charge in [-0.05, 0) is 74.4 Å². The molecule has 2 atom stereocenters. The van der Waals surface area contributed by atoms with Gasteiger partial charge >= 0.3 is 0 Å². The molecule has 0 saturated heterocycles.